The molecule has 0 aliphatic carbocycles. The molecular weight excluding hydrogens is 282 g/mol. The average molecular weight is 311 g/mol. The Bertz CT molecular complexity index is 406. The van der Waals surface area contributed by atoms with Gasteiger partial charge >= 0.3 is 0 Å². The van der Waals surface area contributed by atoms with Crippen LogP contribution in [-0.2, 0) is 4.18 Å². The van der Waals surface area contributed by atoms with Crippen molar-refractivity contribution in [3.63, 3.8) is 0 Å². The van der Waals surface area contributed by atoms with Crippen LogP contribution in [0.3, 0.4) is 0 Å². The van der Waals surface area contributed by atoms with Gasteiger partial charge in [0.1, 0.15) is 0 Å². The predicted molar refractivity (Wildman–Crippen MR) is 90.2 cm³/mol. The van der Waals surface area contributed by atoms with E-state index in [4.69, 9.17) is 9.92 Å². The first kappa shape index (κ1) is 18.5. The Kier molecular flexibility index (Phi) is 8.34. The van der Waals surface area contributed by atoms with E-state index in [2.05, 4.69) is 20.8 Å². The lowest BCUT2D eigenvalue weighted by atomic mass is 9.95. The first-order chi connectivity index (χ1) is 10.0. The summed E-state index contributed by atoms with van der Waals surface area (Å²) < 4.78 is 6.10. The van der Waals surface area contributed by atoms with Gasteiger partial charge in [-0.3, -0.25) is 0 Å². The molecule has 0 heterocycles. The number of hydrogen-bond acceptors (Lipinski definition) is 4. The van der Waals surface area contributed by atoms with Crippen molar-refractivity contribution in [2.75, 3.05) is 6.54 Å². The number of benzene rings is 1. The molecule has 3 nitrogen and oxygen atoms in total. The van der Waals surface area contributed by atoms with E-state index in [1.165, 1.54) is 12.0 Å². The van der Waals surface area contributed by atoms with Gasteiger partial charge in [0.05, 0.1) is 11.7 Å². The Hall–Kier alpha value is -0.550. The fourth-order valence-corrected chi connectivity index (χ4v) is 3.30. The Morgan fingerprint density at radius 2 is 1.95 bits per heavy atom. The second-order valence-corrected chi connectivity index (χ2v) is 6.59. The molecule has 0 saturated heterocycles. The molecule has 0 fully saturated rings. The first-order valence-electron chi connectivity index (χ1n) is 7.88. The molecular formula is C17H29NO2S. The van der Waals surface area contributed by atoms with Crippen LogP contribution >= 0.6 is 12.0 Å². The maximum atomic E-state index is 10.0. The number of aliphatic hydroxyl groups excluding tert-OH is 1. The van der Waals surface area contributed by atoms with Crippen LogP contribution in [0.4, 0.5) is 0 Å². The third kappa shape index (κ3) is 6.39. The summed E-state index contributed by atoms with van der Waals surface area (Å²) in [6.07, 6.45) is 4.44. The van der Waals surface area contributed by atoms with Crippen molar-refractivity contribution in [2.24, 2.45) is 5.73 Å². The van der Waals surface area contributed by atoms with Gasteiger partial charge in [0.2, 0.25) is 0 Å². The maximum absolute atomic E-state index is 10.0. The zero-order valence-electron chi connectivity index (χ0n) is 13.5. The zero-order valence-corrected chi connectivity index (χ0v) is 14.3. The molecule has 4 heteroatoms. The summed E-state index contributed by atoms with van der Waals surface area (Å²) in [5.41, 5.74) is 6.32. The molecule has 1 aromatic rings. The van der Waals surface area contributed by atoms with E-state index in [1.54, 1.807) is 0 Å². The minimum absolute atomic E-state index is 0.0833. The van der Waals surface area contributed by atoms with Crippen molar-refractivity contribution < 1.29 is 9.29 Å². The predicted octanol–water partition coefficient (Wildman–Crippen LogP) is 4.45. The topological polar surface area (TPSA) is 55.5 Å². The lowest BCUT2D eigenvalue weighted by molar-refractivity contribution is 0.0939. The summed E-state index contributed by atoms with van der Waals surface area (Å²) in [4.78, 5) is 1.03. The summed E-state index contributed by atoms with van der Waals surface area (Å²) in [6.45, 7) is 7.04. The average Bonchev–Trinajstić information content (AvgIpc) is 2.46. The summed E-state index contributed by atoms with van der Waals surface area (Å²) in [6, 6.07) is 7.89. The number of rotatable bonds is 10. The molecule has 0 saturated carbocycles. The SMILES string of the molecule is CCCC(C)(CCC)OSc1cccc(C(O)CCN)c1. The highest BCUT2D eigenvalue weighted by Crippen LogP contribution is 2.33. The van der Waals surface area contributed by atoms with Crippen LogP contribution in [0, 0.1) is 0 Å². The summed E-state index contributed by atoms with van der Waals surface area (Å²) in [5, 5.41) is 10.0. The van der Waals surface area contributed by atoms with Gasteiger partial charge in [-0.1, -0.05) is 38.8 Å². The minimum Gasteiger partial charge on any atom is -0.388 e. The van der Waals surface area contributed by atoms with Crippen molar-refractivity contribution in [1.29, 1.82) is 0 Å². The van der Waals surface area contributed by atoms with Crippen molar-refractivity contribution in [2.45, 2.75) is 69.5 Å². The van der Waals surface area contributed by atoms with Crippen LogP contribution in [-0.4, -0.2) is 17.3 Å². The number of aliphatic hydroxyl groups is 1. The van der Waals surface area contributed by atoms with E-state index < -0.39 is 6.10 Å². The van der Waals surface area contributed by atoms with E-state index in [0.717, 1.165) is 36.1 Å². The highest BCUT2D eigenvalue weighted by molar-refractivity contribution is 7.94. The van der Waals surface area contributed by atoms with Gasteiger partial charge in [-0.15, -0.1) is 0 Å². The van der Waals surface area contributed by atoms with Gasteiger partial charge in [-0.05, 0) is 50.4 Å². The van der Waals surface area contributed by atoms with Crippen LogP contribution in [0.25, 0.3) is 0 Å². The largest absolute Gasteiger partial charge is 0.388 e. The monoisotopic (exact) mass is 311 g/mol. The molecule has 0 aliphatic heterocycles. The molecule has 0 radical (unpaired) electrons. The number of hydrogen-bond donors (Lipinski definition) is 2. The summed E-state index contributed by atoms with van der Waals surface area (Å²) in [7, 11) is 0. The van der Waals surface area contributed by atoms with E-state index in [-0.39, 0.29) is 5.60 Å². The van der Waals surface area contributed by atoms with Crippen LogP contribution < -0.4 is 5.73 Å². The van der Waals surface area contributed by atoms with Crippen LogP contribution in [0.2, 0.25) is 0 Å². The molecule has 1 atom stereocenters. The second-order valence-electron chi connectivity index (χ2n) is 5.78. The lowest BCUT2D eigenvalue weighted by Crippen LogP contribution is -2.25. The molecule has 3 N–H and O–H groups in total. The van der Waals surface area contributed by atoms with Crippen LogP contribution in [0.1, 0.15) is 64.5 Å². The van der Waals surface area contributed by atoms with Crippen molar-refractivity contribution in [1.82, 2.24) is 0 Å². The third-order valence-corrected chi connectivity index (χ3v) is 4.51. The molecule has 1 rings (SSSR count). The molecule has 21 heavy (non-hydrogen) atoms. The molecule has 0 spiro atoms. The van der Waals surface area contributed by atoms with E-state index in [1.807, 2.05) is 24.3 Å². The molecule has 0 bridgehead atoms. The van der Waals surface area contributed by atoms with Gasteiger partial charge in [0.25, 0.3) is 0 Å². The molecule has 0 aliphatic rings. The molecule has 1 aromatic carbocycles. The van der Waals surface area contributed by atoms with Crippen LogP contribution in [0.15, 0.2) is 29.2 Å². The Labute approximate surface area is 133 Å². The smallest absolute Gasteiger partial charge is 0.0805 e. The van der Waals surface area contributed by atoms with Crippen molar-refractivity contribution in [3.8, 4) is 0 Å². The highest BCUT2D eigenvalue weighted by Gasteiger charge is 2.24. The fourth-order valence-electron chi connectivity index (χ4n) is 2.51. The zero-order chi connectivity index (χ0) is 15.7. The molecule has 0 amide bonds. The van der Waals surface area contributed by atoms with E-state index in [0.29, 0.717) is 13.0 Å². The lowest BCUT2D eigenvalue weighted by Gasteiger charge is -2.28. The van der Waals surface area contributed by atoms with Crippen molar-refractivity contribution >= 4 is 12.0 Å². The second kappa shape index (κ2) is 9.46. The quantitative estimate of drug-likeness (QED) is 0.627. The first-order valence-corrected chi connectivity index (χ1v) is 8.62. The summed E-state index contributed by atoms with van der Waals surface area (Å²) in [5.74, 6) is 0. The molecule has 0 aromatic heterocycles. The van der Waals surface area contributed by atoms with Crippen molar-refractivity contribution in [3.05, 3.63) is 29.8 Å². The fraction of sp³-hybridized carbons (Fsp3) is 0.647. The number of nitrogens with two attached hydrogens (primary N) is 1. The van der Waals surface area contributed by atoms with Gasteiger partial charge in [-0.2, -0.15) is 0 Å². The minimum atomic E-state index is -0.492. The Morgan fingerprint density at radius 3 is 2.52 bits per heavy atom. The highest BCUT2D eigenvalue weighted by atomic mass is 32.2. The Balaban J connectivity index is 2.67. The standard InChI is InChI=1S/C17H29NO2S/c1-4-10-17(3,11-5-2)20-21-15-8-6-7-14(13-15)16(19)9-12-18/h6-8,13,16,19H,4-5,9-12,18H2,1-3H3. The van der Waals surface area contributed by atoms with Gasteiger partial charge in [0.15, 0.2) is 0 Å². The Morgan fingerprint density at radius 1 is 1.29 bits per heavy atom. The van der Waals surface area contributed by atoms with Gasteiger partial charge < -0.3 is 15.0 Å². The van der Waals surface area contributed by atoms with E-state index >= 15 is 0 Å². The van der Waals surface area contributed by atoms with Crippen LogP contribution in [0.5, 0.6) is 0 Å². The maximum Gasteiger partial charge on any atom is 0.0805 e. The summed E-state index contributed by atoms with van der Waals surface area (Å²) >= 11 is 1.41. The normalized spacial score (nSPS) is 13.4. The van der Waals surface area contributed by atoms with E-state index in [9.17, 15) is 5.11 Å². The third-order valence-electron chi connectivity index (χ3n) is 3.58. The molecule has 1 unspecified atom stereocenters. The van der Waals surface area contributed by atoms with Gasteiger partial charge in [-0.25, -0.2) is 0 Å². The van der Waals surface area contributed by atoms with Gasteiger partial charge in [0, 0.05) is 16.9 Å². The molecule has 120 valence electrons.